The molecule has 0 aliphatic carbocycles. The molecule has 2 nitrogen and oxygen atoms in total. The number of ether oxygens (including phenoxy) is 1. The van der Waals surface area contributed by atoms with E-state index in [-0.39, 0.29) is 12.0 Å². The Balaban J connectivity index is 2.58. The Morgan fingerprint density at radius 1 is 1.11 bits per heavy atom. The molecule has 18 heavy (non-hydrogen) atoms. The van der Waals surface area contributed by atoms with E-state index in [0.29, 0.717) is 0 Å². The van der Waals surface area contributed by atoms with Gasteiger partial charge in [-0.25, -0.2) is 0 Å². The van der Waals surface area contributed by atoms with E-state index in [4.69, 9.17) is 4.74 Å². The van der Waals surface area contributed by atoms with Crippen LogP contribution < -0.4 is 0 Å². The summed E-state index contributed by atoms with van der Waals surface area (Å²) in [7, 11) is 0. The molecule has 0 aliphatic heterocycles. The molecule has 0 saturated heterocycles. The summed E-state index contributed by atoms with van der Waals surface area (Å²) in [5.74, 6) is 0. The monoisotopic (exact) mass is 250 g/mol. The van der Waals surface area contributed by atoms with E-state index in [1.807, 2.05) is 18.2 Å². The van der Waals surface area contributed by atoms with Crippen LogP contribution in [-0.2, 0) is 10.2 Å². The van der Waals surface area contributed by atoms with Crippen LogP contribution in [-0.4, -0.2) is 24.9 Å². The first-order valence-corrected chi connectivity index (χ1v) is 7.03. The van der Waals surface area contributed by atoms with E-state index in [2.05, 4.69) is 26.0 Å². The van der Waals surface area contributed by atoms with E-state index < -0.39 is 0 Å². The van der Waals surface area contributed by atoms with Crippen LogP contribution in [0.4, 0.5) is 0 Å². The topological polar surface area (TPSA) is 29.5 Å². The molecule has 0 aromatic heterocycles. The predicted octanol–water partition coefficient (Wildman–Crippen LogP) is 3.53. The minimum atomic E-state index is -0.145. The zero-order valence-corrected chi connectivity index (χ0v) is 11.7. The zero-order valence-electron chi connectivity index (χ0n) is 11.7. The average Bonchev–Trinajstić information content (AvgIpc) is 2.44. The standard InChI is InChI=1S/C16H26O2/c1-3-5-12-18-13-11-16(4-2,14-17)15-9-7-6-8-10-15/h6-10,17H,3-5,11-14H2,1-2H3. The molecule has 0 aliphatic rings. The highest BCUT2D eigenvalue weighted by Crippen LogP contribution is 2.31. The fraction of sp³-hybridized carbons (Fsp3) is 0.625. The van der Waals surface area contributed by atoms with Gasteiger partial charge < -0.3 is 9.84 Å². The summed E-state index contributed by atoms with van der Waals surface area (Å²) in [6.45, 7) is 6.04. The summed E-state index contributed by atoms with van der Waals surface area (Å²) >= 11 is 0. The van der Waals surface area contributed by atoms with Gasteiger partial charge in [0.15, 0.2) is 0 Å². The largest absolute Gasteiger partial charge is 0.395 e. The van der Waals surface area contributed by atoms with Gasteiger partial charge in [0.05, 0.1) is 6.61 Å². The Hall–Kier alpha value is -0.860. The summed E-state index contributed by atoms with van der Waals surface area (Å²) in [5.41, 5.74) is 1.07. The van der Waals surface area contributed by atoms with Crippen molar-refractivity contribution in [3.63, 3.8) is 0 Å². The van der Waals surface area contributed by atoms with Crippen molar-refractivity contribution in [1.82, 2.24) is 0 Å². The number of rotatable bonds is 9. The number of aliphatic hydroxyl groups is 1. The molecule has 0 saturated carbocycles. The van der Waals surface area contributed by atoms with Crippen molar-refractivity contribution in [3.05, 3.63) is 35.9 Å². The van der Waals surface area contributed by atoms with Crippen molar-refractivity contribution in [2.24, 2.45) is 0 Å². The number of hydrogen-bond donors (Lipinski definition) is 1. The molecule has 1 N–H and O–H groups in total. The van der Waals surface area contributed by atoms with Crippen LogP contribution in [0.2, 0.25) is 0 Å². The van der Waals surface area contributed by atoms with Crippen LogP contribution in [0.5, 0.6) is 0 Å². The van der Waals surface area contributed by atoms with Gasteiger partial charge in [-0.2, -0.15) is 0 Å². The Labute approximate surface area is 111 Å². The molecule has 0 fully saturated rings. The Kier molecular flexibility index (Phi) is 6.99. The molecule has 1 rings (SSSR count). The van der Waals surface area contributed by atoms with Gasteiger partial charge in [0, 0.05) is 18.6 Å². The van der Waals surface area contributed by atoms with Gasteiger partial charge in [0.25, 0.3) is 0 Å². The Bertz CT molecular complexity index is 304. The molecular formula is C16H26O2. The molecule has 0 bridgehead atoms. The normalized spacial score (nSPS) is 14.4. The molecular weight excluding hydrogens is 224 g/mol. The van der Waals surface area contributed by atoms with Gasteiger partial charge in [-0.05, 0) is 24.8 Å². The molecule has 1 aromatic carbocycles. The summed E-state index contributed by atoms with van der Waals surface area (Å²) < 4.78 is 5.64. The van der Waals surface area contributed by atoms with Crippen molar-refractivity contribution < 1.29 is 9.84 Å². The minimum absolute atomic E-state index is 0.145. The third-order valence-corrected chi connectivity index (χ3v) is 3.73. The predicted molar refractivity (Wildman–Crippen MR) is 75.8 cm³/mol. The van der Waals surface area contributed by atoms with Crippen molar-refractivity contribution >= 4 is 0 Å². The van der Waals surface area contributed by atoms with Crippen LogP contribution >= 0.6 is 0 Å². The maximum Gasteiger partial charge on any atom is 0.0528 e. The van der Waals surface area contributed by atoms with E-state index in [1.165, 1.54) is 5.56 Å². The zero-order chi connectivity index (χ0) is 13.3. The molecule has 102 valence electrons. The lowest BCUT2D eigenvalue weighted by Gasteiger charge is -2.31. The van der Waals surface area contributed by atoms with Crippen LogP contribution in [0.3, 0.4) is 0 Å². The smallest absolute Gasteiger partial charge is 0.0528 e. The van der Waals surface area contributed by atoms with E-state index >= 15 is 0 Å². The van der Waals surface area contributed by atoms with Crippen LogP contribution in [0.1, 0.15) is 45.1 Å². The molecule has 0 spiro atoms. The Morgan fingerprint density at radius 2 is 1.83 bits per heavy atom. The number of hydrogen-bond acceptors (Lipinski definition) is 2. The lowest BCUT2D eigenvalue weighted by atomic mass is 9.76. The SMILES string of the molecule is CCCCOCCC(CC)(CO)c1ccccc1. The number of unbranched alkanes of at least 4 members (excludes halogenated alkanes) is 1. The second kappa shape index (κ2) is 8.28. The third-order valence-electron chi connectivity index (χ3n) is 3.73. The third kappa shape index (κ3) is 4.11. The first-order valence-electron chi connectivity index (χ1n) is 7.03. The molecule has 1 atom stereocenters. The van der Waals surface area contributed by atoms with E-state index in [0.717, 1.165) is 38.9 Å². The summed E-state index contributed by atoms with van der Waals surface area (Å²) in [6.07, 6.45) is 4.10. The average molecular weight is 250 g/mol. The second-order valence-corrected chi connectivity index (χ2v) is 4.87. The fourth-order valence-corrected chi connectivity index (χ4v) is 2.22. The highest BCUT2D eigenvalue weighted by Gasteiger charge is 2.29. The van der Waals surface area contributed by atoms with Gasteiger partial charge in [-0.15, -0.1) is 0 Å². The van der Waals surface area contributed by atoms with Crippen LogP contribution in [0.15, 0.2) is 30.3 Å². The lowest BCUT2D eigenvalue weighted by Crippen LogP contribution is -2.31. The first-order chi connectivity index (χ1) is 8.79. The highest BCUT2D eigenvalue weighted by atomic mass is 16.5. The van der Waals surface area contributed by atoms with Crippen molar-refractivity contribution in [2.75, 3.05) is 19.8 Å². The molecule has 1 unspecified atom stereocenters. The molecule has 2 heteroatoms. The molecule has 0 amide bonds. The highest BCUT2D eigenvalue weighted by molar-refractivity contribution is 5.25. The van der Waals surface area contributed by atoms with Gasteiger partial charge >= 0.3 is 0 Å². The van der Waals surface area contributed by atoms with E-state index in [9.17, 15) is 5.11 Å². The summed E-state index contributed by atoms with van der Waals surface area (Å²) in [5, 5.41) is 9.78. The lowest BCUT2D eigenvalue weighted by molar-refractivity contribution is 0.0891. The summed E-state index contributed by atoms with van der Waals surface area (Å²) in [6, 6.07) is 10.3. The maximum atomic E-state index is 9.78. The molecule has 1 aromatic rings. The van der Waals surface area contributed by atoms with Crippen LogP contribution in [0, 0.1) is 0 Å². The van der Waals surface area contributed by atoms with E-state index in [1.54, 1.807) is 0 Å². The summed E-state index contributed by atoms with van der Waals surface area (Å²) in [4.78, 5) is 0. The van der Waals surface area contributed by atoms with Gasteiger partial charge in [0.1, 0.15) is 0 Å². The van der Waals surface area contributed by atoms with Crippen LogP contribution in [0.25, 0.3) is 0 Å². The van der Waals surface area contributed by atoms with Gasteiger partial charge in [-0.1, -0.05) is 50.6 Å². The molecule has 0 radical (unpaired) electrons. The maximum absolute atomic E-state index is 9.78. The van der Waals surface area contributed by atoms with Gasteiger partial charge in [-0.3, -0.25) is 0 Å². The van der Waals surface area contributed by atoms with Gasteiger partial charge in [0.2, 0.25) is 0 Å². The quantitative estimate of drug-likeness (QED) is 0.679. The molecule has 0 heterocycles. The minimum Gasteiger partial charge on any atom is -0.395 e. The first kappa shape index (κ1) is 15.2. The number of aliphatic hydroxyl groups excluding tert-OH is 1. The number of benzene rings is 1. The second-order valence-electron chi connectivity index (χ2n) is 4.87. The Morgan fingerprint density at radius 3 is 2.39 bits per heavy atom. The van der Waals surface area contributed by atoms with Crippen molar-refractivity contribution in [2.45, 2.75) is 44.9 Å². The van der Waals surface area contributed by atoms with Crippen molar-refractivity contribution in [3.8, 4) is 0 Å². The fourth-order valence-electron chi connectivity index (χ4n) is 2.22. The van der Waals surface area contributed by atoms with Crippen molar-refractivity contribution in [1.29, 1.82) is 0 Å².